The summed E-state index contributed by atoms with van der Waals surface area (Å²) in [6.45, 7) is 11.3. The normalized spacial score (nSPS) is 30.7. The van der Waals surface area contributed by atoms with E-state index >= 15 is 0 Å². The molecule has 3 atom stereocenters. The molecule has 0 bridgehead atoms. The van der Waals surface area contributed by atoms with Crippen molar-refractivity contribution in [3.05, 3.63) is 59.0 Å². The first-order valence-electron chi connectivity index (χ1n) is 8.96. The Morgan fingerprint density at radius 3 is 2.57 bits per heavy atom. The van der Waals surface area contributed by atoms with Crippen LogP contribution < -0.4 is 0 Å². The van der Waals surface area contributed by atoms with Gasteiger partial charge in [-0.3, -0.25) is 4.98 Å². The molecule has 1 heteroatoms. The second-order valence-electron chi connectivity index (χ2n) is 7.59. The van der Waals surface area contributed by atoms with E-state index < -0.39 is 0 Å². The highest BCUT2D eigenvalue weighted by Crippen LogP contribution is 2.64. The Kier molecular flexibility index (Phi) is 4.31. The van der Waals surface area contributed by atoms with Gasteiger partial charge in [0.2, 0.25) is 0 Å². The topological polar surface area (TPSA) is 12.9 Å². The fourth-order valence-corrected chi connectivity index (χ4v) is 4.31. The van der Waals surface area contributed by atoms with Crippen molar-refractivity contribution in [1.82, 2.24) is 4.98 Å². The van der Waals surface area contributed by atoms with Crippen molar-refractivity contribution in [1.29, 1.82) is 0 Å². The molecule has 1 aromatic heterocycles. The Balaban J connectivity index is 2.07. The quantitative estimate of drug-likeness (QED) is 0.610. The minimum atomic E-state index is 0.342. The average molecular weight is 307 g/mol. The first-order chi connectivity index (χ1) is 11.0. The molecule has 3 rings (SSSR count). The molecule has 0 aliphatic heterocycles. The predicted molar refractivity (Wildman–Crippen MR) is 99.1 cm³/mol. The van der Waals surface area contributed by atoms with E-state index in [1.807, 2.05) is 6.20 Å². The third-order valence-electron chi connectivity index (χ3n) is 5.68. The van der Waals surface area contributed by atoms with Crippen LogP contribution >= 0.6 is 0 Å². The van der Waals surface area contributed by atoms with E-state index in [1.165, 1.54) is 40.8 Å². The fourth-order valence-electron chi connectivity index (χ4n) is 4.31. The van der Waals surface area contributed by atoms with E-state index in [2.05, 4.69) is 65.0 Å². The Labute approximate surface area is 141 Å². The average Bonchev–Trinajstić information content (AvgIpc) is 3.17. The summed E-state index contributed by atoms with van der Waals surface area (Å²) in [4.78, 5) is 4.76. The fraction of sp³-hybridized carbons (Fsp3) is 0.500. The maximum atomic E-state index is 4.76. The van der Waals surface area contributed by atoms with Gasteiger partial charge in [-0.2, -0.15) is 0 Å². The van der Waals surface area contributed by atoms with Crippen LogP contribution in [0.15, 0.2) is 47.7 Å². The largest absolute Gasteiger partial charge is 0.256 e. The third-order valence-corrected chi connectivity index (χ3v) is 5.68. The maximum absolute atomic E-state index is 4.76. The van der Waals surface area contributed by atoms with Gasteiger partial charge >= 0.3 is 0 Å². The molecule has 0 radical (unpaired) electrons. The van der Waals surface area contributed by atoms with E-state index in [0.29, 0.717) is 11.3 Å². The first-order valence-corrected chi connectivity index (χ1v) is 8.96. The number of nitrogens with zero attached hydrogens (tertiary/aromatic N) is 1. The number of allylic oxidation sites excluding steroid dienone is 6. The molecule has 1 saturated carbocycles. The smallest absolute Gasteiger partial charge is 0.0667 e. The molecule has 2 aliphatic rings. The second kappa shape index (κ2) is 6.11. The molecule has 23 heavy (non-hydrogen) atoms. The summed E-state index contributed by atoms with van der Waals surface area (Å²) in [5, 5.41) is 0. The van der Waals surface area contributed by atoms with Gasteiger partial charge in [-0.25, -0.2) is 0 Å². The molecular weight excluding hydrogens is 278 g/mol. The molecule has 1 aromatic rings. The Hall–Kier alpha value is -1.63. The molecule has 0 saturated heterocycles. The van der Waals surface area contributed by atoms with E-state index in [4.69, 9.17) is 4.98 Å². The van der Waals surface area contributed by atoms with E-state index in [9.17, 15) is 0 Å². The van der Waals surface area contributed by atoms with Crippen molar-refractivity contribution in [2.45, 2.75) is 53.9 Å². The van der Waals surface area contributed by atoms with Crippen LogP contribution in [0.2, 0.25) is 0 Å². The van der Waals surface area contributed by atoms with Gasteiger partial charge < -0.3 is 0 Å². The van der Waals surface area contributed by atoms with Crippen LogP contribution in [0.1, 0.15) is 58.2 Å². The van der Waals surface area contributed by atoms with Gasteiger partial charge in [0.05, 0.1) is 5.69 Å². The predicted octanol–water partition coefficient (Wildman–Crippen LogP) is 6.12. The number of aromatic nitrogens is 1. The van der Waals surface area contributed by atoms with Gasteiger partial charge in [0.15, 0.2) is 0 Å². The molecule has 1 nitrogen and oxygen atoms in total. The lowest BCUT2D eigenvalue weighted by molar-refractivity contribution is 0.427. The highest BCUT2D eigenvalue weighted by molar-refractivity contribution is 5.73. The summed E-state index contributed by atoms with van der Waals surface area (Å²) in [6, 6.07) is 4.40. The van der Waals surface area contributed by atoms with Crippen molar-refractivity contribution in [2.75, 3.05) is 0 Å². The van der Waals surface area contributed by atoms with Crippen molar-refractivity contribution < 1.29 is 0 Å². The standard InChI is InChI=1S/C22H29N/c1-6-7-10-22(13-18(22)5)19-12-16(3)11-17(4)21(19)20-9-8-15(2)14-23-20/h7-11,14,18-19H,6,12-13H2,1-5H3. The van der Waals surface area contributed by atoms with Crippen LogP contribution in [0.3, 0.4) is 0 Å². The summed E-state index contributed by atoms with van der Waals surface area (Å²) in [6.07, 6.45) is 12.8. The molecule has 3 unspecified atom stereocenters. The first kappa shape index (κ1) is 16.2. The summed E-state index contributed by atoms with van der Waals surface area (Å²) in [7, 11) is 0. The second-order valence-corrected chi connectivity index (χ2v) is 7.59. The monoisotopic (exact) mass is 307 g/mol. The highest BCUT2D eigenvalue weighted by atomic mass is 14.7. The molecule has 0 amide bonds. The van der Waals surface area contributed by atoms with Gasteiger partial charge in [-0.05, 0) is 80.1 Å². The van der Waals surface area contributed by atoms with E-state index in [1.54, 1.807) is 0 Å². The van der Waals surface area contributed by atoms with Gasteiger partial charge in [0, 0.05) is 6.20 Å². The van der Waals surface area contributed by atoms with E-state index in [-0.39, 0.29) is 0 Å². The molecule has 0 spiro atoms. The van der Waals surface area contributed by atoms with Gasteiger partial charge in [-0.1, -0.05) is 43.7 Å². The van der Waals surface area contributed by atoms with Crippen LogP contribution in [0.4, 0.5) is 0 Å². The molecule has 1 heterocycles. The molecule has 0 aromatic carbocycles. The number of aryl methyl sites for hydroxylation is 1. The minimum absolute atomic E-state index is 0.342. The van der Waals surface area contributed by atoms with Gasteiger partial charge in [-0.15, -0.1) is 0 Å². The SMILES string of the molecule is CCC=CC1(C2CC(C)=CC(C)=C2c2ccc(C)cn2)CC1C. The van der Waals surface area contributed by atoms with Crippen LogP contribution in [0.25, 0.3) is 5.57 Å². The minimum Gasteiger partial charge on any atom is -0.256 e. The van der Waals surface area contributed by atoms with Crippen LogP contribution in [0, 0.1) is 24.2 Å². The molecular formula is C22H29N. The zero-order chi connectivity index (χ0) is 16.6. The van der Waals surface area contributed by atoms with E-state index in [0.717, 1.165) is 12.3 Å². The number of pyridine rings is 1. The highest BCUT2D eigenvalue weighted by Gasteiger charge is 2.55. The molecule has 0 N–H and O–H groups in total. The zero-order valence-corrected chi connectivity index (χ0v) is 15.2. The maximum Gasteiger partial charge on any atom is 0.0667 e. The number of hydrogen-bond donors (Lipinski definition) is 0. The number of hydrogen-bond acceptors (Lipinski definition) is 1. The van der Waals surface area contributed by atoms with Crippen molar-refractivity contribution in [3.8, 4) is 0 Å². The summed E-state index contributed by atoms with van der Waals surface area (Å²) < 4.78 is 0. The lowest BCUT2D eigenvalue weighted by atomic mass is 9.71. The molecule has 2 aliphatic carbocycles. The summed E-state index contributed by atoms with van der Waals surface area (Å²) >= 11 is 0. The summed E-state index contributed by atoms with van der Waals surface area (Å²) in [5.41, 5.74) is 7.12. The van der Waals surface area contributed by atoms with Crippen molar-refractivity contribution >= 4 is 5.57 Å². The number of rotatable bonds is 4. The molecule has 122 valence electrons. The van der Waals surface area contributed by atoms with Crippen LogP contribution in [-0.4, -0.2) is 4.98 Å². The zero-order valence-electron chi connectivity index (χ0n) is 15.2. The van der Waals surface area contributed by atoms with Gasteiger partial charge in [0.1, 0.15) is 0 Å². The summed E-state index contributed by atoms with van der Waals surface area (Å²) in [5.74, 6) is 1.34. The van der Waals surface area contributed by atoms with Crippen LogP contribution in [0.5, 0.6) is 0 Å². The Morgan fingerprint density at radius 1 is 1.26 bits per heavy atom. The molecule has 1 fully saturated rings. The lowest BCUT2D eigenvalue weighted by Crippen LogP contribution is -2.22. The van der Waals surface area contributed by atoms with Gasteiger partial charge in [0.25, 0.3) is 0 Å². The van der Waals surface area contributed by atoms with Crippen LogP contribution in [-0.2, 0) is 0 Å². The Bertz CT molecular complexity index is 674. The van der Waals surface area contributed by atoms with Crippen molar-refractivity contribution in [2.24, 2.45) is 17.3 Å². The van der Waals surface area contributed by atoms with Crippen molar-refractivity contribution in [3.63, 3.8) is 0 Å². The Morgan fingerprint density at radius 2 is 2.00 bits per heavy atom. The lowest BCUT2D eigenvalue weighted by Gasteiger charge is -2.33. The third kappa shape index (κ3) is 2.94.